The molecule has 0 aliphatic carbocycles. The van der Waals surface area contributed by atoms with Crippen molar-refractivity contribution in [1.82, 2.24) is 0 Å². The Balaban J connectivity index is 2.54. The largest absolute Gasteiger partial charge is 0.497 e. The van der Waals surface area contributed by atoms with Crippen LogP contribution in [0.15, 0.2) is 24.3 Å². The van der Waals surface area contributed by atoms with Crippen molar-refractivity contribution >= 4 is 19.2 Å². The van der Waals surface area contributed by atoms with Crippen LogP contribution in [0.2, 0.25) is 0 Å². The molecule has 0 aromatic heterocycles. The molecule has 7 heteroatoms. The van der Waals surface area contributed by atoms with Gasteiger partial charge in [-0.25, -0.2) is 0 Å². The normalized spacial score (nSPS) is 11.2. The molecule has 0 spiro atoms. The van der Waals surface area contributed by atoms with E-state index in [1.54, 1.807) is 45.2 Å². The lowest BCUT2D eigenvalue weighted by molar-refractivity contribution is -0.115. The molecule has 0 saturated heterocycles. The van der Waals surface area contributed by atoms with Gasteiger partial charge in [-0.3, -0.25) is 9.36 Å². The van der Waals surface area contributed by atoms with Crippen molar-refractivity contribution in [3.8, 4) is 5.75 Å². The molecule has 0 atom stereocenters. The molecule has 0 aliphatic rings. The van der Waals surface area contributed by atoms with Crippen molar-refractivity contribution < 1.29 is 23.1 Å². The third-order valence-corrected chi connectivity index (χ3v) is 4.69. The molecule has 0 fully saturated rings. The fourth-order valence-electron chi connectivity index (χ4n) is 1.72. The Labute approximate surface area is 125 Å². The van der Waals surface area contributed by atoms with Crippen molar-refractivity contribution in [2.24, 2.45) is 0 Å². The van der Waals surface area contributed by atoms with Crippen LogP contribution in [-0.2, 0) is 18.4 Å². The molecule has 0 unspecified atom stereocenters. The topological polar surface area (TPSA) is 73.9 Å². The summed E-state index contributed by atoms with van der Waals surface area (Å²) in [5, 5.41) is 2.72. The molecule has 1 aromatic rings. The zero-order valence-corrected chi connectivity index (χ0v) is 13.5. The Morgan fingerprint density at radius 3 is 2.48 bits per heavy atom. The summed E-state index contributed by atoms with van der Waals surface area (Å²) in [4.78, 5) is 11.9. The van der Waals surface area contributed by atoms with Crippen LogP contribution < -0.4 is 10.1 Å². The standard InChI is InChI=1S/C14H22NO5P/c1-4-19-21(17,20-5-2)10-9-14(16)15-12-7-6-8-13(11-12)18-3/h6-8,11H,4-5,9-10H2,1-3H3,(H,15,16). The molecular weight excluding hydrogens is 293 g/mol. The van der Waals surface area contributed by atoms with E-state index in [9.17, 15) is 9.36 Å². The molecule has 118 valence electrons. The Hall–Kier alpha value is -1.36. The second-order valence-electron chi connectivity index (χ2n) is 4.20. The predicted molar refractivity (Wildman–Crippen MR) is 82.0 cm³/mol. The van der Waals surface area contributed by atoms with Gasteiger partial charge < -0.3 is 19.1 Å². The molecule has 21 heavy (non-hydrogen) atoms. The minimum atomic E-state index is -3.18. The van der Waals surface area contributed by atoms with Crippen LogP contribution >= 0.6 is 7.60 Å². The van der Waals surface area contributed by atoms with Gasteiger partial charge in [-0.15, -0.1) is 0 Å². The maximum Gasteiger partial charge on any atom is 0.331 e. The number of anilines is 1. The van der Waals surface area contributed by atoms with Crippen LogP contribution in [0.25, 0.3) is 0 Å². The third-order valence-electron chi connectivity index (χ3n) is 2.62. The number of carbonyl (C=O) groups excluding carboxylic acids is 1. The van der Waals surface area contributed by atoms with Crippen LogP contribution in [0.4, 0.5) is 5.69 Å². The molecule has 1 N–H and O–H groups in total. The van der Waals surface area contributed by atoms with Gasteiger partial charge in [0.15, 0.2) is 0 Å². The van der Waals surface area contributed by atoms with E-state index in [0.29, 0.717) is 11.4 Å². The molecule has 0 aliphatic heterocycles. The van der Waals surface area contributed by atoms with E-state index >= 15 is 0 Å². The summed E-state index contributed by atoms with van der Waals surface area (Å²) in [6.45, 7) is 4.05. The van der Waals surface area contributed by atoms with Gasteiger partial charge in [0.1, 0.15) is 5.75 Å². The molecule has 6 nitrogen and oxygen atoms in total. The number of carbonyl (C=O) groups is 1. The molecule has 1 rings (SSSR count). The van der Waals surface area contributed by atoms with E-state index in [-0.39, 0.29) is 31.7 Å². The first-order valence-electron chi connectivity index (χ1n) is 6.85. The van der Waals surface area contributed by atoms with E-state index in [2.05, 4.69) is 5.32 Å². The summed E-state index contributed by atoms with van der Waals surface area (Å²) < 4.78 is 27.6. The second kappa shape index (κ2) is 8.82. The zero-order valence-electron chi connectivity index (χ0n) is 12.6. The van der Waals surface area contributed by atoms with Gasteiger partial charge >= 0.3 is 7.60 Å². The zero-order chi connectivity index (χ0) is 15.7. The highest BCUT2D eigenvalue weighted by Gasteiger charge is 2.24. The number of amides is 1. The number of nitrogens with one attached hydrogen (secondary N) is 1. The van der Waals surface area contributed by atoms with E-state index in [4.69, 9.17) is 13.8 Å². The Kier molecular flexibility index (Phi) is 7.43. The van der Waals surface area contributed by atoms with Crippen LogP contribution in [0.1, 0.15) is 20.3 Å². The molecule has 0 bridgehead atoms. The van der Waals surface area contributed by atoms with Crippen molar-refractivity contribution in [2.45, 2.75) is 20.3 Å². The number of hydrogen-bond acceptors (Lipinski definition) is 5. The summed E-state index contributed by atoms with van der Waals surface area (Å²) in [5.74, 6) is 0.407. The highest BCUT2D eigenvalue weighted by atomic mass is 31.2. The maximum atomic E-state index is 12.2. The van der Waals surface area contributed by atoms with E-state index in [1.165, 1.54) is 0 Å². The minimum Gasteiger partial charge on any atom is -0.497 e. The van der Waals surface area contributed by atoms with Gasteiger partial charge in [0.2, 0.25) is 5.91 Å². The lowest BCUT2D eigenvalue weighted by Gasteiger charge is -2.16. The smallest absolute Gasteiger partial charge is 0.331 e. The Bertz CT molecular complexity index is 496. The number of hydrogen-bond donors (Lipinski definition) is 1. The van der Waals surface area contributed by atoms with Crippen molar-refractivity contribution in [3.05, 3.63) is 24.3 Å². The van der Waals surface area contributed by atoms with Crippen LogP contribution in [0, 0.1) is 0 Å². The average Bonchev–Trinajstić information content (AvgIpc) is 2.46. The Morgan fingerprint density at radius 1 is 1.24 bits per heavy atom. The van der Waals surface area contributed by atoms with Gasteiger partial charge in [-0.05, 0) is 26.0 Å². The highest BCUT2D eigenvalue weighted by molar-refractivity contribution is 7.53. The highest BCUT2D eigenvalue weighted by Crippen LogP contribution is 2.48. The summed E-state index contributed by atoms with van der Waals surface area (Å²) in [6, 6.07) is 7.03. The summed E-state index contributed by atoms with van der Waals surface area (Å²) >= 11 is 0. The van der Waals surface area contributed by atoms with Gasteiger partial charge in [-0.2, -0.15) is 0 Å². The third kappa shape index (κ3) is 6.29. The summed E-state index contributed by atoms with van der Waals surface area (Å²) in [7, 11) is -1.62. The number of methoxy groups -OCH3 is 1. The van der Waals surface area contributed by atoms with E-state index in [1.807, 2.05) is 0 Å². The fraction of sp³-hybridized carbons (Fsp3) is 0.500. The van der Waals surface area contributed by atoms with Crippen LogP contribution in [0.5, 0.6) is 5.75 Å². The minimum absolute atomic E-state index is 0.0600. The van der Waals surface area contributed by atoms with Crippen LogP contribution in [0.3, 0.4) is 0 Å². The number of rotatable bonds is 9. The maximum absolute atomic E-state index is 12.2. The van der Waals surface area contributed by atoms with Crippen molar-refractivity contribution in [2.75, 3.05) is 31.8 Å². The Morgan fingerprint density at radius 2 is 1.90 bits per heavy atom. The second-order valence-corrected chi connectivity index (χ2v) is 6.39. The first-order valence-corrected chi connectivity index (χ1v) is 8.57. The molecule has 1 aromatic carbocycles. The summed E-state index contributed by atoms with van der Waals surface area (Å²) in [5.41, 5.74) is 0.627. The lowest BCUT2D eigenvalue weighted by Crippen LogP contribution is -2.14. The van der Waals surface area contributed by atoms with Gasteiger partial charge in [0.25, 0.3) is 0 Å². The van der Waals surface area contributed by atoms with Gasteiger partial charge in [0.05, 0.1) is 26.5 Å². The quantitative estimate of drug-likeness (QED) is 0.708. The lowest BCUT2D eigenvalue weighted by atomic mass is 10.3. The van der Waals surface area contributed by atoms with Crippen molar-refractivity contribution in [3.63, 3.8) is 0 Å². The molecule has 0 radical (unpaired) electrons. The first-order chi connectivity index (χ1) is 10.0. The van der Waals surface area contributed by atoms with E-state index < -0.39 is 7.60 Å². The monoisotopic (exact) mass is 315 g/mol. The summed E-state index contributed by atoms with van der Waals surface area (Å²) in [6.07, 6.45) is 0.124. The first kappa shape index (κ1) is 17.7. The molecule has 0 heterocycles. The predicted octanol–water partition coefficient (Wildman–Crippen LogP) is 3.29. The van der Waals surface area contributed by atoms with E-state index in [0.717, 1.165) is 0 Å². The van der Waals surface area contributed by atoms with Crippen LogP contribution in [-0.4, -0.2) is 32.4 Å². The SMILES string of the molecule is CCOP(=O)(CCC(=O)Nc1cccc(OC)c1)OCC. The molecule has 0 saturated carbocycles. The average molecular weight is 315 g/mol. The number of ether oxygens (including phenoxy) is 1. The number of benzene rings is 1. The fourth-order valence-corrected chi connectivity index (χ4v) is 3.32. The van der Waals surface area contributed by atoms with Gasteiger partial charge in [0, 0.05) is 18.2 Å². The van der Waals surface area contributed by atoms with Crippen molar-refractivity contribution in [1.29, 1.82) is 0 Å². The molecular formula is C14H22NO5P. The molecule has 1 amide bonds. The van der Waals surface area contributed by atoms with Gasteiger partial charge in [-0.1, -0.05) is 6.07 Å².